The Morgan fingerprint density at radius 2 is 0.610 bits per heavy atom. The second-order valence-electron chi connectivity index (χ2n) is 36.0. The summed E-state index contributed by atoms with van der Waals surface area (Å²) in [6, 6.07) is 53.0. The standard InChI is InChI=1S/C26H30N4O3.C20H19F3N4O2.C20H22N4O3.2C20H22N4O2/c1-26(2,31)23-15-19(7-11-27-23)29-24-16-20(8-12-28-24)33-22-6-5-21(17-3-4-17)30-25(22)18-9-13-32-14-10-18;1-12-15(4-5-16(26-12)20(21,22)23)29-14-7-9-25-18(11-14)27-13-6-8-24-17(10-13)19(2,3)28;1-13-16(5-6-19(23-13)26-4)27-15-8-10-22-18(12-15)24-14-7-9-21-17(11-14)20(2,3)25;1-13-5-7-17(14(2)23-13)26-16-9-10-21-19(11-16)24-15-6-8-18(22-12-15)20(3,4)25;1-13-5-6-17(14(2)23-13)26-16-8-10-22-19(12-16)24-15-7-9-21-18(11-15)20(3,4)25/h5-8,11-12,15-18,31H,3-4,9-10,13-14H2,1-2H3,(H,27,28,29);4-11,28H,1-3H3,(H,24,25,27);5-12,25H,1-4H3,(H,21,22,24);5-12,25H,1-4H3,(H,21,24);5-12,25H,1-4H3,(H,21,22,24). The molecular formula is C106H115F3N20O12. The van der Waals surface area contributed by atoms with Crippen molar-refractivity contribution in [3.63, 3.8) is 0 Å². The normalized spacial score (nSPS) is 12.7. The summed E-state index contributed by atoms with van der Waals surface area (Å²) < 4.78 is 78.7. The summed E-state index contributed by atoms with van der Waals surface area (Å²) in [5.74, 6) is 10.6. The van der Waals surface area contributed by atoms with Gasteiger partial charge in [-0.15, -0.1) is 0 Å². The first kappa shape index (κ1) is 103. The molecule has 1 aliphatic heterocycles. The molecule has 35 heteroatoms. The topological polar surface area (TPSA) is 419 Å². The van der Waals surface area contributed by atoms with Gasteiger partial charge in [0.05, 0.1) is 75.9 Å². The fourth-order valence-electron chi connectivity index (χ4n) is 13.8. The van der Waals surface area contributed by atoms with Crippen molar-refractivity contribution in [1.29, 1.82) is 0 Å². The molecule has 0 aromatic carbocycles. The first-order chi connectivity index (χ1) is 66.9. The molecule has 10 N–H and O–H groups in total. The number of anilines is 10. The number of aromatic nitrogens is 15. The van der Waals surface area contributed by atoms with E-state index in [-0.39, 0.29) is 11.4 Å². The van der Waals surface area contributed by atoms with Gasteiger partial charge in [0, 0.05) is 157 Å². The predicted octanol–water partition coefficient (Wildman–Crippen LogP) is 22.8. The zero-order valence-corrected chi connectivity index (χ0v) is 81.4. The number of aliphatic hydroxyl groups is 5. The minimum atomic E-state index is -4.51. The van der Waals surface area contributed by atoms with E-state index in [9.17, 15) is 38.7 Å². The van der Waals surface area contributed by atoms with Crippen molar-refractivity contribution in [3.8, 4) is 63.4 Å². The molecule has 15 aromatic rings. The third-order valence-electron chi connectivity index (χ3n) is 21.5. The van der Waals surface area contributed by atoms with Crippen molar-refractivity contribution >= 4 is 57.5 Å². The molecule has 141 heavy (non-hydrogen) atoms. The molecule has 1 saturated heterocycles. The van der Waals surface area contributed by atoms with Gasteiger partial charge in [0.1, 0.15) is 120 Å². The Hall–Kier alpha value is -15.4. The lowest BCUT2D eigenvalue weighted by molar-refractivity contribution is -0.141. The SMILES string of the molecule is CC(C)(O)c1cc(Nc2cc(Oc3ccc(C4CC4)nc3C3CCOCC3)ccn2)ccn1.COc1ccc(Oc2ccnc(Nc3ccnc(C(C)(C)O)c3)c2)c(C)n1.Cc1ccc(Oc2ccnc(Nc3ccc(C(C)(C)O)nc3)c2)c(C)n1.Cc1ccc(Oc2ccnc(Nc3ccnc(C(C)(C)O)c3)c2)c(C)n1.Cc1nc(C(F)(F)F)ccc1Oc1ccnc(Nc2ccnc(C(C)(C)O)c2)c1. The number of alkyl halides is 3. The number of hydrogen-bond donors (Lipinski definition) is 10. The molecule has 732 valence electrons. The van der Waals surface area contributed by atoms with Crippen LogP contribution in [-0.2, 0) is 38.9 Å². The van der Waals surface area contributed by atoms with Gasteiger partial charge in [-0.05, 0) is 282 Å². The van der Waals surface area contributed by atoms with Gasteiger partial charge in [0.15, 0.2) is 0 Å². The van der Waals surface area contributed by atoms with E-state index in [0.717, 1.165) is 94.8 Å². The zero-order chi connectivity index (χ0) is 101. The average Bonchev–Trinajstić information content (AvgIpc) is 1.60. The molecule has 2 aliphatic rings. The number of methoxy groups -OCH3 is 1. The number of ether oxygens (including phenoxy) is 7. The van der Waals surface area contributed by atoms with Crippen molar-refractivity contribution in [2.75, 3.05) is 46.9 Å². The molecule has 0 bridgehead atoms. The average molecular weight is 1920 g/mol. The Balaban J connectivity index is 0.000000149. The van der Waals surface area contributed by atoms with E-state index in [1.807, 2.05) is 120 Å². The molecule has 2 fully saturated rings. The van der Waals surface area contributed by atoms with Gasteiger partial charge >= 0.3 is 6.18 Å². The van der Waals surface area contributed by atoms with Crippen LogP contribution in [0.25, 0.3) is 0 Å². The van der Waals surface area contributed by atoms with E-state index >= 15 is 0 Å². The number of aryl methyl sites for hydroxylation is 6. The molecular weight excluding hydrogens is 1800 g/mol. The smallest absolute Gasteiger partial charge is 0.433 e. The van der Waals surface area contributed by atoms with Crippen molar-refractivity contribution in [2.45, 2.75) is 182 Å². The predicted molar refractivity (Wildman–Crippen MR) is 531 cm³/mol. The van der Waals surface area contributed by atoms with E-state index in [1.165, 1.54) is 37.7 Å². The maximum atomic E-state index is 12.7. The fraction of sp³-hybridized carbons (Fsp3) is 0.292. The fourth-order valence-corrected chi connectivity index (χ4v) is 13.8. The lowest BCUT2D eigenvalue weighted by atomic mass is 9.95. The summed E-state index contributed by atoms with van der Waals surface area (Å²) in [5, 5.41) is 66.4. The van der Waals surface area contributed by atoms with Crippen LogP contribution in [0.2, 0.25) is 0 Å². The maximum Gasteiger partial charge on any atom is 0.433 e. The van der Waals surface area contributed by atoms with Crippen LogP contribution in [-0.4, -0.2) is 121 Å². The number of halogens is 3. The monoisotopic (exact) mass is 1920 g/mol. The largest absolute Gasteiger partial charge is 0.481 e. The molecule has 32 nitrogen and oxygen atoms in total. The van der Waals surface area contributed by atoms with Gasteiger partial charge in [-0.2, -0.15) is 13.2 Å². The van der Waals surface area contributed by atoms with Crippen LogP contribution < -0.4 is 55.0 Å². The highest BCUT2D eigenvalue weighted by Crippen LogP contribution is 2.44. The summed E-state index contributed by atoms with van der Waals surface area (Å²) in [6.45, 7) is 29.4. The van der Waals surface area contributed by atoms with E-state index in [1.54, 1.807) is 205 Å². The number of pyridine rings is 15. The van der Waals surface area contributed by atoms with Crippen molar-refractivity contribution in [1.82, 2.24) is 74.8 Å². The first-order valence-corrected chi connectivity index (χ1v) is 45.5. The Kier molecular flexibility index (Phi) is 33.2. The Labute approximate surface area is 816 Å². The summed E-state index contributed by atoms with van der Waals surface area (Å²) in [6.07, 6.45) is 16.3. The molecule has 0 unspecified atom stereocenters. The second-order valence-corrected chi connectivity index (χ2v) is 36.0. The van der Waals surface area contributed by atoms with Crippen LogP contribution in [0.4, 0.5) is 70.7 Å². The summed E-state index contributed by atoms with van der Waals surface area (Å²) in [4.78, 5) is 64.3. The molecule has 0 radical (unpaired) electrons. The zero-order valence-electron chi connectivity index (χ0n) is 81.4. The molecule has 15 aromatic heterocycles. The highest BCUT2D eigenvalue weighted by atomic mass is 19.4. The lowest BCUT2D eigenvalue weighted by Crippen LogP contribution is -2.17. The molecule has 1 aliphatic carbocycles. The van der Waals surface area contributed by atoms with Gasteiger partial charge in [0.2, 0.25) is 5.88 Å². The van der Waals surface area contributed by atoms with Crippen LogP contribution in [0.1, 0.15) is 186 Å². The number of nitrogens with one attached hydrogen (secondary N) is 5. The van der Waals surface area contributed by atoms with E-state index in [0.29, 0.717) is 127 Å². The Bertz CT molecular complexity index is 6760. The molecule has 0 atom stereocenters. The summed E-state index contributed by atoms with van der Waals surface area (Å²) >= 11 is 0. The van der Waals surface area contributed by atoms with Gasteiger partial charge in [-0.1, -0.05) is 0 Å². The van der Waals surface area contributed by atoms with Crippen molar-refractivity contribution in [2.24, 2.45) is 0 Å². The lowest BCUT2D eigenvalue weighted by Gasteiger charge is -2.24. The van der Waals surface area contributed by atoms with Crippen LogP contribution in [0.15, 0.2) is 244 Å². The van der Waals surface area contributed by atoms with Crippen LogP contribution in [0, 0.1) is 41.5 Å². The minimum absolute atomic E-state index is 0.120. The van der Waals surface area contributed by atoms with E-state index in [2.05, 4.69) is 108 Å². The highest BCUT2D eigenvalue weighted by molar-refractivity contribution is 5.63. The van der Waals surface area contributed by atoms with Gasteiger partial charge in [-0.25, -0.2) is 34.9 Å². The Morgan fingerprint density at radius 3 is 0.922 bits per heavy atom. The van der Waals surface area contributed by atoms with Crippen LogP contribution in [0.5, 0.6) is 63.4 Å². The Morgan fingerprint density at radius 1 is 0.298 bits per heavy atom. The molecule has 1 saturated carbocycles. The van der Waals surface area contributed by atoms with Crippen LogP contribution >= 0.6 is 0 Å². The molecule has 0 spiro atoms. The quantitative estimate of drug-likeness (QED) is 0.0218. The third kappa shape index (κ3) is 30.8. The second kappa shape index (κ2) is 45.5. The summed E-state index contributed by atoms with van der Waals surface area (Å²) in [7, 11) is 1.57. The number of hydrogen-bond acceptors (Lipinski definition) is 32. The minimum Gasteiger partial charge on any atom is -0.481 e. The van der Waals surface area contributed by atoms with E-state index < -0.39 is 39.9 Å². The highest BCUT2D eigenvalue weighted by Gasteiger charge is 2.34. The van der Waals surface area contributed by atoms with Crippen LogP contribution in [0.3, 0.4) is 0 Å². The summed E-state index contributed by atoms with van der Waals surface area (Å²) in [5.41, 5.74) is 7.18. The number of nitrogens with zero attached hydrogens (tertiary/aromatic N) is 15. The molecule has 16 heterocycles. The van der Waals surface area contributed by atoms with Crippen molar-refractivity contribution < 1.29 is 71.9 Å². The van der Waals surface area contributed by atoms with Gasteiger partial charge in [0.25, 0.3) is 0 Å². The third-order valence-corrected chi connectivity index (χ3v) is 21.5. The number of rotatable bonds is 28. The maximum absolute atomic E-state index is 12.7. The first-order valence-electron chi connectivity index (χ1n) is 45.5. The van der Waals surface area contributed by atoms with Gasteiger partial charge in [-0.3, -0.25) is 39.9 Å². The molecule has 0 amide bonds. The van der Waals surface area contributed by atoms with Crippen molar-refractivity contribution in [3.05, 3.63) is 324 Å². The van der Waals surface area contributed by atoms with Gasteiger partial charge < -0.3 is 85.3 Å². The molecule has 17 rings (SSSR count). The van der Waals surface area contributed by atoms with E-state index in [4.69, 9.17) is 38.1 Å².